The Labute approximate surface area is 92.1 Å². The van der Waals surface area contributed by atoms with Crippen molar-refractivity contribution in [2.45, 2.75) is 51.7 Å². The molecular weight excluding hydrogens is 182 g/mol. The van der Waals surface area contributed by atoms with E-state index in [2.05, 4.69) is 43.9 Å². The van der Waals surface area contributed by atoms with Crippen LogP contribution >= 0.6 is 0 Å². The van der Waals surface area contributed by atoms with Crippen LogP contribution in [0.15, 0.2) is 18.2 Å². The summed E-state index contributed by atoms with van der Waals surface area (Å²) in [5.41, 5.74) is 4.62. The van der Waals surface area contributed by atoms with Crippen LogP contribution in [0, 0.1) is 6.92 Å². The van der Waals surface area contributed by atoms with Crippen LogP contribution in [0.25, 0.3) is 0 Å². The fourth-order valence-electron chi connectivity index (χ4n) is 3.47. The zero-order valence-electron chi connectivity index (χ0n) is 9.83. The van der Waals surface area contributed by atoms with E-state index in [0.29, 0.717) is 18.1 Å². The summed E-state index contributed by atoms with van der Waals surface area (Å²) >= 11 is 0. The number of nitrogens with zero attached hydrogens (tertiary/aromatic N) is 1. The molecule has 2 aliphatic rings. The third kappa shape index (κ3) is 1.19. The summed E-state index contributed by atoms with van der Waals surface area (Å²) in [7, 11) is 0. The first kappa shape index (κ1) is 9.41. The molecule has 1 heteroatoms. The molecule has 0 aromatic heterocycles. The second-order valence-electron chi connectivity index (χ2n) is 5.28. The van der Waals surface area contributed by atoms with Crippen LogP contribution in [0.4, 0.5) is 0 Å². The molecule has 2 atom stereocenters. The smallest absolute Gasteiger partial charge is 0.0361 e. The second kappa shape index (κ2) is 3.08. The van der Waals surface area contributed by atoms with E-state index in [1.54, 1.807) is 11.1 Å². The van der Waals surface area contributed by atoms with Crippen LogP contribution in [-0.2, 0) is 0 Å². The molecule has 3 rings (SSSR count). The van der Waals surface area contributed by atoms with Crippen LogP contribution in [0.5, 0.6) is 0 Å². The molecule has 2 heterocycles. The molecule has 2 aliphatic heterocycles. The van der Waals surface area contributed by atoms with Gasteiger partial charge in [-0.2, -0.15) is 0 Å². The lowest BCUT2D eigenvalue weighted by atomic mass is 9.91. The van der Waals surface area contributed by atoms with E-state index in [4.69, 9.17) is 0 Å². The van der Waals surface area contributed by atoms with Gasteiger partial charge in [0, 0.05) is 18.1 Å². The monoisotopic (exact) mass is 201 g/mol. The van der Waals surface area contributed by atoms with Gasteiger partial charge in [0.1, 0.15) is 0 Å². The minimum atomic E-state index is 0.676. The van der Waals surface area contributed by atoms with Gasteiger partial charge >= 0.3 is 0 Å². The lowest BCUT2D eigenvalue weighted by Gasteiger charge is -2.26. The van der Waals surface area contributed by atoms with Gasteiger partial charge in [-0.3, -0.25) is 4.90 Å². The van der Waals surface area contributed by atoms with Crippen molar-refractivity contribution in [2.75, 3.05) is 0 Å². The molecule has 0 aliphatic carbocycles. The lowest BCUT2D eigenvalue weighted by molar-refractivity contribution is 0.174. The molecule has 0 radical (unpaired) electrons. The second-order valence-corrected chi connectivity index (χ2v) is 5.28. The molecule has 0 amide bonds. The molecule has 15 heavy (non-hydrogen) atoms. The number of hydrogen-bond acceptors (Lipinski definition) is 1. The van der Waals surface area contributed by atoms with E-state index in [0.717, 1.165) is 0 Å². The number of aryl methyl sites for hydroxylation is 1. The average molecular weight is 201 g/mol. The predicted molar refractivity (Wildman–Crippen MR) is 62.9 cm³/mol. The van der Waals surface area contributed by atoms with E-state index in [1.165, 1.54) is 18.4 Å². The zero-order valence-corrected chi connectivity index (χ0v) is 9.83. The summed E-state index contributed by atoms with van der Waals surface area (Å²) in [6.07, 6.45) is 2.72. The molecule has 1 aromatic rings. The molecule has 1 nitrogen and oxygen atoms in total. The van der Waals surface area contributed by atoms with Crippen LogP contribution < -0.4 is 0 Å². The number of fused-ring (bicyclic) bond motifs is 5. The van der Waals surface area contributed by atoms with Crippen molar-refractivity contribution in [1.29, 1.82) is 0 Å². The molecular formula is C14H19N. The normalized spacial score (nSPS) is 28.8. The highest BCUT2D eigenvalue weighted by Gasteiger charge is 2.44. The molecule has 1 aromatic carbocycles. The van der Waals surface area contributed by atoms with Crippen LogP contribution in [0.3, 0.4) is 0 Å². The van der Waals surface area contributed by atoms with Gasteiger partial charge in [0.25, 0.3) is 0 Å². The van der Waals surface area contributed by atoms with E-state index >= 15 is 0 Å². The Bertz CT molecular complexity index is 394. The van der Waals surface area contributed by atoms with E-state index in [1.807, 2.05) is 0 Å². The van der Waals surface area contributed by atoms with Crippen molar-refractivity contribution in [3.8, 4) is 0 Å². The molecule has 80 valence electrons. The molecule has 1 fully saturated rings. The Morgan fingerprint density at radius 3 is 2.47 bits per heavy atom. The molecule has 0 saturated carbocycles. The first-order valence-corrected chi connectivity index (χ1v) is 6.06. The Kier molecular flexibility index (Phi) is 1.93. The molecule has 0 spiro atoms. The maximum Gasteiger partial charge on any atom is 0.0361 e. The first-order chi connectivity index (χ1) is 7.18. The highest BCUT2D eigenvalue weighted by atomic mass is 15.3. The van der Waals surface area contributed by atoms with Crippen molar-refractivity contribution in [1.82, 2.24) is 4.90 Å². The Morgan fingerprint density at radius 1 is 1.13 bits per heavy atom. The Balaban J connectivity index is 2.09. The van der Waals surface area contributed by atoms with Gasteiger partial charge < -0.3 is 0 Å². The average Bonchev–Trinajstić information content (AvgIpc) is 2.72. The summed E-state index contributed by atoms with van der Waals surface area (Å²) in [4.78, 5) is 2.70. The van der Waals surface area contributed by atoms with Crippen molar-refractivity contribution in [2.24, 2.45) is 0 Å². The predicted octanol–water partition coefficient (Wildman–Crippen LogP) is 3.60. The van der Waals surface area contributed by atoms with Gasteiger partial charge in [-0.15, -0.1) is 0 Å². The van der Waals surface area contributed by atoms with Crippen molar-refractivity contribution < 1.29 is 0 Å². The van der Waals surface area contributed by atoms with Crippen LogP contribution in [0.1, 0.15) is 55.5 Å². The summed E-state index contributed by atoms with van der Waals surface area (Å²) in [5.74, 6) is 0. The molecule has 2 unspecified atom stereocenters. The largest absolute Gasteiger partial charge is 0.287 e. The lowest BCUT2D eigenvalue weighted by Crippen LogP contribution is -2.27. The van der Waals surface area contributed by atoms with Crippen LogP contribution in [-0.4, -0.2) is 10.9 Å². The first-order valence-electron chi connectivity index (χ1n) is 6.06. The Hall–Kier alpha value is -0.820. The summed E-state index contributed by atoms with van der Waals surface area (Å²) in [5, 5.41) is 0. The fraction of sp³-hybridized carbons (Fsp3) is 0.571. The standard InChI is InChI=1S/C14H19N/c1-9(2)15-13-6-7-14(15)12-8-10(3)4-5-11(12)13/h4-5,8-9,13-14H,6-7H2,1-3H3. The van der Waals surface area contributed by atoms with Gasteiger partial charge in [0.05, 0.1) is 0 Å². The highest BCUT2D eigenvalue weighted by Crippen LogP contribution is 2.53. The summed E-state index contributed by atoms with van der Waals surface area (Å²) in [6.45, 7) is 6.85. The molecule has 1 saturated heterocycles. The third-order valence-corrected chi connectivity index (χ3v) is 3.99. The maximum absolute atomic E-state index is 2.70. The van der Waals surface area contributed by atoms with Gasteiger partial charge in [0.2, 0.25) is 0 Å². The fourth-order valence-corrected chi connectivity index (χ4v) is 3.47. The van der Waals surface area contributed by atoms with Crippen molar-refractivity contribution in [3.05, 3.63) is 34.9 Å². The number of benzene rings is 1. The van der Waals surface area contributed by atoms with E-state index in [-0.39, 0.29) is 0 Å². The SMILES string of the molecule is Cc1ccc2c(c1)C1CCC2N1C(C)C. The van der Waals surface area contributed by atoms with Gasteiger partial charge in [-0.05, 0) is 44.7 Å². The minimum Gasteiger partial charge on any atom is -0.287 e. The third-order valence-electron chi connectivity index (χ3n) is 3.99. The van der Waals surface area contributed by atoms with Gasteiger partial charge in [-0.25, -0.2) is 0 Å². The zero-order chi connectivity index (χ0) is 10.6. The van der Waals surface area contributed by atoms with Crippen molar-refractivity contribution in [3.63, 3.8) is 0 Å². The Morgan fingerprint density at radius 2 is 1.80 bits per heavy atom. The minimum absolute atomic E-state index is 0.676. The number of hydrogen-bond donors (Lipinski definition) is 0. The quantitative estimate of drug-likeness (QED) is 0.671. The summed E-state index contributed by atoms with van der Waals surface area (Å²) in [6, 6.07) is 9.11. The summed E-state index contributed by atoms with van der Waals surface area (Å²) < 4.78 is 0. The van der Waals surface area contributed by atoms with Crippen LogP contribution in [0.2, 0.25) is 0 Å². The molecule has 2 bridgehead atoms. The number of rotatable bonds is 1. The topological polar surface area (TPSA) is 3.24 Å². The van der Waals surface area contributed by atoms with E-state index < -0.39 is 0 Å². The van der Waals surface area contributed by atoms with E-state index in [9.17, 15) is 0 Å². The maximum atomic E-state index is 2.70. The highest BCUT2D eigenvalue weighted by molar-refractivity contribution is 5.42. The van der Waals surface area contributed by atoms with Gasteiger partial charge in [-0.1, -0.05) is 23.8 Å². The van der Waals surface area contributed by atoms with Gasteiger partial charge in [0.15, 0.2) is 0 Å². The molecule has 0 N–H and O–H groups in total. The van der Waals surface area contributed by atoms with Crippen molar-refractivity contribution >= 4 is 0 Å².